The molecule has 0 aliphatic carbocycles. The highest BCUT2D eigenvalue weighted by molar-refractivity contribution is 7.41. The van der Waals surface area contributed by atoms with Crippen LogP contribution in [0.25, 0.3) is 0 Å². The van der Waals surface area contributed by atoms with E-state index in [1.807, 2.05) is 0 Å². The van der Waals surface area contributed by atoms with Gasteiger partial charge < -0.3 is 9.05 Å². The maximum atomic E-state index is 11.2. The van der Waals surface area contributed by atoms with Crippen molar-refractivity contribution in [3.05, 3.63) is 0 Å². The lowest BCUT2D eigenvalue weighted by molar-refractivity contribution is 0.213. The lowest BCUT2D eigenvalue weighted by Gasteiger charge is -1.99. The molecule has 0 saturated heterocycles. The Morgan fingerprint density at radius 2 is 1.10 bits per heavy atom. The van der Waals surface area contributed by atoms with Gasteiger partial charge in [0.25, 0.3) is 0 Å². The fourth-order valence-corrected chi connectivity index (χ4v) is 0.638. The van der Waals surface area contributed by atoms with E-state index >= 15 is 0 Å². The first-order valence-corrected chi connectivity index (χ1v) is 4.20. The lowest BCUT2D eigenvalue weighted by Crippen LogP contribution is -1.94. The molecule has 62 valence electrons. The van der Waals surface area contributed by atoms with Crippen LogP contribution >= 0.6 is 17.5 Å². The number of rotatable bonds is 5. The first-order valence-electron chi connectivity index (χ1n) is 2.12. The monoisotopic (exact) mass is 198 g/mol. The molecule has 0 spiro atoms. The van der Waals surface area contributed by atoms with Crippen molar-refractivity contribution in [2.45, 2.75) is 0 Å². The first kappa shape index (κ1) is 10.5. The number of hydrogen-bond acceptors (Lipinski definition) is 2. The molecule has 0 aromatic carbocycles. The largest absolute Gasteiger partial charge is 0.415 e. The highest BCUT2D eigenvalue weighted by Crippen LogP contribution is 2.41. The minimum Gasteiger partial charge on any atom is -0.303 e. The van der Waals surface area contributed by atoms with Gasteiger partial charge in [-0.25, -0.2) is 0 Å². The van der Waals surface area contributed by atoms with Gasteiger partial charge in [0.1, 0.15) is 0 Å². The highest BCUT2D eigenvalue weighted by atomic mass is 31.2. The molecule has 0 saturated carbocycles. The van der Waals surface area contributed by atoms with Crippen molar-refractivity contribution >= 4 is 17.5 Å². The second-order valence-corrected chi connectivity index (χ2v) is 2.39. The summed E-state index contributed by atoms with van der Waals surface area (Å²) in [5, 5.41) is 0. The SMILES string of the molecule is FP(F)OCCOP(F)F. The van der Waals surface area contributed by atoms with Gasteiger partial charge in [0.05, 0.1) is 13.2 Å². The van der Waals surface area contributed by atoms with Gasteiger partial charge in [-0.15, -0.1) is 0 Å². The molecule has 0 unspecified atom stereocenters. The number of hydrogen-bond donors (Lipinski definition) is 0. The second-order valence-electron chi connectivity index (χ2n) is 1.07. The lowest BCUT2D eigenvalue weighted by atomic mass is 10.8. The van der Waals surface area contributed by atoms with Crippen LogP contribution in [0.1, 0.15) is 0 Å². The van der Waals surface area contributed by atoms with Crippen LogP contribution in [0.2, 0.25) is 0 Å². The van der Waals surface area contributed by atoms with E-state index in [2.05, 4.69) is 9.05 Å². The summed E-state index contributed by atoms with van der Waals surface area (Å²) < 4.78 is 52.0. The Morgan fingerprint density at radius 3 is 1.30 bits per heavy atom. The van der Waals surface area contributed by atoms with Crippen molar-refractivity contribution in [1.29, 1.82) is 0 Å². The summed E-state index contributed by atoms with van der Waals surface area (Å²) in [7, 11) is -6.90. The summed E-state index contributed by atoms with van der Waals surface area (Å²) in [6.45, 7) is -0.962. The van der Waals surface area contributed by atoms with E-state index in [4.69, 9.17) is 0 Å². The second kappa shape index (κ2) is 6.23. The van der Waals surface area contributed by atoms with Gasteiger partial charge >= 0.3 is 17.5 Å². The van der Waals surface area contributed by atoms with E-state index in [0.29, 0.717) is 0 Å². The quantitative estimate of drug-likeness (QED) is 0.383. The van der Waals surface area contributed by atoms with Crippen LogP contribution in [0.15, 0.2) is 0 Å². The molecular weight excluding hydrogens is 194 g/mol. The topological polar surface area (TPSA) is 18.5 Å². The Hall–Kier alpha value is 0.500. The van der Waals surface area contributed by atoms with Gasteiger partial charge in [0, 0.05) is 0 Å². The molecule has 0 aliphatic heterocycles. The molecule has 8 heteroatoms. The Balaban J connectivity index is 2.91. The van der Waals surface area contributed by atoms with Crippen LogP contribution in [-0.2, 0) is 9.05 Å². The van der Waals surface area contributed by atoms with Crippen LogP contribution in [-0.4, -0.2) is 13.2 Å². The predicted octanol–water partition coefficient (Wildman–Crippen LogP) is 3.35. The highest BCUT2D eigenvalue weighted by Gasteiger charge is 2.07. The summed E-state index contributed by atoms with van der Waals surface area (Å²) >= 11 is 0. The Bertz CT molecular complexity index is 71.7. The standard InChI is InChI=1S/C2H4F4O2P2/c3-9(4)7-1-2-8-10(5)6/h1-2H2. The van der Waals surface area contributed by atoms with Gasteiger partial charge in [-0.1, -0.05) is 0 Å². The third-order valence-electron chi connectivity index (χ3n) is 0.461. The molecule has 0 aliphatic rings. The van der Waals surface area contributed by atoms with Gasteiger partial charge in [0.2, 0.25) is 0 Å². The zero-order valence-corrected chi connectivity index (χ0v) is 6.43. The predicted molar refractivity (Wildman–Crippen MR) is 30.2 cm³/mol. The molecule has 0 atom stereocenters. The molecular formula is C2H4F4O2P2. The van der Waals surface area contributed by atoms with E-state index in [0.717, 1.165) is 0 Å². The summed E-state index contributed by atoms with van der Waals surface area (Å²) in [5.74, 6) is 0. The Morgan fingerprint density at radius 1 is 0.800 bits per heavy atom. The van der Waals surface area contributed by atoms with Gasteiger partial charge in [-0.05, 0) is 0 Å². The maximum absolute atomic E-state index is 11.2. The summed E-state index contributed by atoms with van der Waals surface area (Å²) in [4.78, 5) is 0. The van der Waals surface area contributed by atoms with Crippen LogP contribution < -0.4 is 0 Å². The fraction of sp³-hybridized carbons (Fsp3) is 1.00. The molecule has 0 N–H and O–H groups in total. The molecule has 0 rings (SSSR count). The third-order valence-corrected chi connectivity index (χ3v) is 1.22. The number of halogens is 4. The van der Waals surface area contributed by atoms with E-state index < -0.39 is 30.8 Å². The van der Waals surface area contributed by atoms with Gasteiger partial charge in [-0.3, -0.25) is 0 Å². The fourth-order valence-electron chi connectivity index (χ4n) is 0.213. The van der Waals surface area contributed by atoms with Crippen molar-refractivity contribution < 1.29 is 25.8 Å². The molecule has 10 heavy (non-hydrogen) atoms. The minimum atomic E-state index is -3.45. The maximum Gasteiger partial charge on any atom is 0.415 e. The zero-order valence-electron chi connectivity index (χ0n) is 4.64. The Kier molecular flexibility index (Phi) is 6.54. The van der Waals surface area contributed by atoms with Crippen LogP contribution in [0.5, 0.6) is 0 Å². The Labute approximate surface area is 57.7 Å². The van der Waals surface area contributed by atoms with Crippen LogP contribution in [0.3, 0.4) is 0 Å². The third kappa shape index (κ3) is 8.50. The van der Waals surface area contributed by atoms with E-state index in [1.54, 1.807) is 0 Å². The smallest absolute Gasteiger partial charge is 0.303 e. The van der Waals surface area contributed by atoms with Crippen molar-refractivity contribution in [3.8, 4) is 0 Å². The normalized spacial score (nSPS) is 11.4. The minimum absolute atomic E-state index is 0.481. The van der Waals surface area contributed by atoms with Crippen molar-refractivity contribution in [2.24, 2.45) is 0 Å². The molecule has 0 aromatic heterocycles. The van der Waals surface area contributed by atoms with E-state index in [1.165, 1.54) is 0 Å². The summed E-state index contributed by atoms with van der Waals surface area (Å²) in [5.41, 5.74) is 0. The summed E-state index contributed by atoms with van der Waals surface area (Å²) in [6.07, 6.45) is 0. The average molecular weight is 198 g/mol. The first-order chi connectivity index (χ1) is 4.63. The molecule has 0 aromatic rings. The van der Waals surface area contributed by atoms with Crippen molar-refractivity contribution in [3.63, 3.8) is 0 Å². The van der Waals surface area contributed by atoms with Crippen molar-refractivity contribution in [1.82, 2.24) is 0 Å². The molecule has 0 radical (unpaired) electrons. The molecule has 0 heterocycles. The summed E-state index contributed by atoms with van der Waals surface area (Å²) in [6, 6.07) is 0. The molecule has 0 fully saturated rings. The van der Waals surface area contributed by atoms with E-state index in [-0.39, 0.29) is 0 Å². The van der Waals surface area contributed by atoms with Crippen LogP contribution in [0, 0.1) is 0 Å². The van der Waals surface area contributed by atoms with Crippen LogP contribution in [0.4, 0.5) is 16.8 Å². The van der Waals surface area contributed by atoms with Gasteiger partial charge in [-0.2, -0.15) is 16.8 Å². The van der Waals surface area contributed by atoms with E-state index in [9.17, 15) is 16.8 Å². The van der Waals surface area contributed by atoms with Gasteiger partial charge in [0.15, 0.2) is 0 Å². The average Bonchev–Trinajstić information content (AvgIpc) is 1.79. The van der Waals surface area contributed by atoms with Crippen molar-refractivity contribution in [2.75, 3.05) is 13.2 Å². The molecule has 2 nitrogen and oxygen atoms in total. The zero-order chi connectivity index (χ0) is 7.98. The molecule has 0 amide bonds. The molecule has 0 bridgehead atoms.